The molecule has 5 rings (SSSR count). The van der Waals surface area contributed by atoms with E-state index >= 15 is 4.39 Å². The molecule has 38 heavy (non-hydrogen) atoms. The largest absolute Gasteiger partial charge is 0.393 e. The number of hydrogen-bond acceptors (Lipinski definition) is 10. The van der Waals surface area contributed by atoms with Crippen LogP contribution in [-0.2, 0) is 4.74 Å². The quantitative estimate of drug-likeness (QED) is 0.463. The van der Waals surface area contributed by atoms with Gasteiger partial charge in [-0.15, -0.1) is 0 Å². The molecule has 0 radical (unpaired) electrons. The predicted molar refractivity (Wildman–Crippen MR) is 149 cm³/mol. The number of aromatic nitrogens is 4. The van der Waals surface area contributed by atoms with Crippen LogP contribution in [0, 0.1) is 5.82 Å². The van der Waals surface area contributed by atoms with Crippen LogP contribution in [0.5, 0.6) is 0 Å². The average molecular weight is 542 g/mol. The Kier molecular flexibility index (Phi) is 7.51. The molecule has 10 nitrogen and oxygen atoms in total. The second-order valence-electron chi connectivity index (χ2n) is 10.1. The molecule has 3 N–H and O–H groups in total. The Labute approximate surface area is 227 Å². The number of nitrogen functional groups attached to an aromatic ring is 1. The van der Waals surface area contributed by atoms with E-state index < -0.39 is 0 Å². The minimum atomic E-state index is -0.365. The number of rotatable bonds is 5. The highest BCUT2D eigenvalue weighted by atomic mass is 35.5. The van der Waals surface area contributed by atoms with E-state index in [1.54, 1.807) is 24.5 Å². The lowest BCUT2D eigenvalue weighted by Crippen LogP contribution is -2.50. The topological polar surface area (TPSA) is 109 Å². The van der Waals surface area contributed by atoms with Crippen molar-refractivity contribution < 1.29 is 9.13 Å². The highest BCUT2D eigenvalue weighted by Gasteiger charge is 2.26. The Morgan fingerprint density at radius 2 is 1.71 bits per heavy atom. The first-order chi connectivity index (χ1) is 18.2. The zero-order valence-corrected chi connectivity index (χ0v) is 22.8. The van der Waals surface area contributed by atoms with Crippen LogP contribution in [0.2, 0.25) is 5.15 Å². The summed E-state index contributed by atoms with van der Waals surface area (Å²) in [6.45, 7) is 9.98. The third kappa shape index (κ3) is 5.45. The van der Waals surface area contributed by atoms with Gasteiger partial charge in [-0.1, -0.05) is 11.6 Å². The number of likely N-dealkylation sites (N-methyl/N-ethyl adjacent to an activating group) is 1. The number of halogens is 2. The molecule has 2 aliphatic heterocycles. The molecule has 1 unspecified atom stereocenters. The van der Waals surface area contributed by atoms with Gasteiger partial charge in [0.05, 0.1) is 23.6 Å². The van der Waals surface area contributed by atoms with Crippen molar-refractivity contribution in [2.45, 2.75) is 39.0 Å². The third-order valence-corrected chi connectivity index (χ3v) is 7.43. The van der Waals surface area contributed by atoms with Crippen LogP contribution in [0.25, 0.3) is 11.1 Å². The number of nitrogens with two attached hydrogens (primary N) is 1. The Hall–Kier alpha value is -3.28. The lowest BCUT2D eigenvalue weighted by molar-refractivity contribution is -0.00571. The second kappa shape index (κ2) is 10.8. The monoisotopic (exact) mass is 541 g/mol. The molecule has 3 atom stereocenters. The molecular weight excluding hydrogens is 509 g/mol. The van der Waals surface area contributed by atoms with Crippen LogP contribution in [0.4, 0.5) is 33.2 Å². The Morgan fingerprint density at radius 3 is 2.39 bits per heavy atom. The van der Waals surface area contributed by atoms with Crippen molar-refractivity contribution >= 4 is 40.4 Å². The first-order valence-electron chi connectivity index (χ1n) is 12.7. The van der Waals surface area contributed by atoms with Crippen molar-refractivity contribution in [3.05, 3.63) is 41.8 Å². The Balaban J connectivity index is 1.50. The number of nitrogens with one attached hydrogen (secondary N) is 1. The maximum atomic E-state index is 15.7. The summed E-state index contributed by atoms with van der Waals surface area (Å²) >= 11 is 6.13. The highest BCUT2D eigenvalue weighted by molar-refractivity contribution is 6.32. The normalized spacial score (nSPS) is 22.5. The molecule has 0 amide bonds. The predicted octanol–water partition coefficient (Wildman–Crippen LogP) is 3.81. The van der Waals surface area contributed by atoms with Crippen molar-refractivity contribution in [1.29, 1.82) is 0 Å². The molecule has 0 spiro atoms. The minimum Gasteiger partial charge on any atom is -0.393 e. The fourth-order valence-corrected chi connectivity index (χ4v) is 5.11. The number of morpholine rings is 1. The van der Waals surface area contributed by atoms with Crippen molar-refractivity contribution in [1.82, 2.24) is 24.8 Å². The summed E-state index contributed by atoms with van der Waals surface area (Å²) in [4.78, 5) is 23.8. The van der Waals surface area contributed by atoms with Crippen molar-refractivity contribution in [2.75, 3.05) is 60.6 Å². The molecule has 4 heterocycles. The number of ether oxygens (including phenoxy) is 1. The molecule has 12 heteroatoms. The van der Waals surface area contributed by atoms with Gasteiger partial charge in [-0.05, 0) is 40.0 Å². The van der Waals surface area contributed by atoms with Crippen molar-refractivity contribution in [3.8, 4) is 11.1 Å². The van der Waals surface area contributed by atoms with Crippen LogP contribution in [-0.4, -0.2) is 82.9 Å². The highest BCUT2D eigenvalue weighted by Crippen LogP contribution is 2.38. The lowest BCUT2D eigenvalue weighted by atomic mass is 10.0. The van der Waals surface area contributed by atoms with Crippen LogP contribution < -0.4 is 20.9 Å². The third-order valence-electron chi connectivity index (χ3n) is 7.13. The molecule has 3 aromatic rings. The molecule has 0 bridgehead atoms. The van der Waals surface area contributed by atoms with E-state index in [1.165, 1.54) is 6.33 Å². The molecular formula is C26H33ClFN9O. The van der Waals surface area contributed by atoms with E-state index in [-0.39, 0.29) is 28.9 Å². The van der Waals surface area contributed by atoms with Gasteiger partial charge in [-0.2, -0.15) is 0 Å². The molecule has 0 saturated carbocycles. The fraction of sp³-hybridized carbons (Fsp3) is 0.462. The molecule has 2 aromatic heterocycles. The van der Waals surface area contributed by atoms with Gasteiger partial charge in [0.1, 0.15) is 17.8 Å². The molecule has 2 aliphatic rings. The number of hydrogen-bond donors (Lipinski definition) is 2. The first kappa shape index (κ1) is 26.3. The number of benzene rings is 1. The summed E-state index contributed by atoms with van der Waals surface area (Å²) in [6.07, 6.45) is 4.82. The van der Waals surface area contributed by atoms with Gasteiger partial charge in [0.25, 0.3) is 0 Å². The molecule has 2 fully saturated rings. The standard InChI is InChI=1S/C26H33ClFN9O/c1-15-11-36(6-5-35(15)4)22-8-20(28)19(7-21(22)34-25-23(29)24(27)32-14-33-25)18-9-30-26(31-10-18)37-12-16(2)38-17(3)13-37/h7-10,14-17H,5-6,11-13,29H2,1-4H3,(H,32,33,34)/t15?,16-,17+. The van der Waals surface area contributed by atoms with Crippen LogP contribution in [0.3, 0.4) is 0 Å². The van der Waals surface area contributed by atoms with E-state index in [1.807, 2.05) is 13.8 Å². The first-order valence-corrected chi connectivity index (χ1v) is 13.1. The van der Waals surface area contributed by atoms with E-state index in [0.717, 1.165) is 19.6 Å². The summed E-state index contributed by atoms with van der Waals surface area (Å²) in [5.74, 6) is 0.588. The molecule has 202 valence electrons. The number of anilines is 5. The van der Waals surface area contributed by atoms with Gasteiger partial charge < -0.3 is 30.5 Å². The smallest absolute Gasteiger partial charge is 0.225 e. The lowest BCUT2D eigenvalue weighted by Gasteiger charge is -2.39. The SMILES string of the molecule is CC1CN(c2cc(F)c(-c3cnc(N4C[C@@H](C)O[C@@H](C)C4)nc3)cc2Nc2ncnc(Cl)c2N)CCN1C. The van der Waals surface area contributed by atoms with Crippen molar-refractivity contribution in [3.63, 3.8) is 0 Å². The fourth-order valence-electron chi connectivity index (χ4n) is 4.98. The van der Waals surface area contributed by atoms with Crippen LogP contribution in [0.1, 0.15) is 20.8 Å². The van der Waals surface area contributed by atoms with Gasteiger partial charge in [-0.3, -0.25) is 0 Å². The number of piperazine rings is 1. The van der Waals surface area contributed by atoms with E-state index in [9.17, 15) is 0 Å². The Morgan fingerprint density at radius 1 is 1.00 bits per heavy atom. The molecule has 1 aromatic carbocycles. The van der Waals surface area contributed by atoms with E-state index in [2.05, 4.69) is 53.9 Å². The summed E-state index contributed by atoms with van der Waals surface area (Å²) < 4.78 is 21.5. The van der Waals surface area contributed by atoms with Gasteiger partial charge in [0.15, 0.2) is 11.0 Å². The molecule has 0 aliphatic carbocycles. The van der Waals surface area contributed by atoms with E-state index in [0.29, 0.717) is 53.4 Å². The average Bonchev–Trinajstić information content (AvgIpc) is 2.89. The van der Waals surface area contributed by atoms with Crippen molar-refractivity contribution in [2.24, 2.45) is 0 Å². The number of nitrogens with zero attached hydrogens (tertiary/aromatic N) is 7. The Bertz CT molecular complexity index is 1280. The van der Waals surface area contributed by atoms with Crippen LogP contribution >= 0.6 is 11.6 Å². The second-order valence-corrected chi connectivity index (χ2v) is 10.5. The summed E-state index contributed by atoms with van der Waals surface area (Å²) in [6, 6.07) is 3.61. The van der Waals surface area contributed by atoms with Gasteiger partial charge >= 0.3 is 0 Å². The van der Waals surface area contributed by atoms with Gasteiger partial charge in [-0.25, -0.2) is 24.3 Å². The maximum absolute atomic E-state index is 15.7. The molecule has 2 saturated heterocycles. The van der Waals surface area contributed by atoms with Gasteiger partial charge in [0, 0.05) is 62.3 Å². The summed E-state index contributed by atoms with van der Waals surface area (Å²) in [7, 11) is 2.09. The minimum absolute atomic E-state index is 0.0840. The van der Waals surface area contributed by atoms with Gasteiger partial charge in [0.2, 0.25) is 5.95 Å². The summed E-state index contributed by atoms with van der Waals surface area (Å²) in [5.41, 5.74) is 8.66. The van der Waals surface area contributed by atoms with Crippen LogP contribution in [0.15, 0.2) is 30.9 Å². The zero-order valence-electron chi connectivity index (χ0n) is 22.0. The van der Waals surface area contributed by atoms with E-state index in [4.69, 9.17) is 22.1 Å². The maximum Gasteiger partial charge on any atom is 0.225 e. The zero-order chi connectivity index (χ0) is 27.0. The summed E-state index contributed by atoms with van der Waals surface area (Å²) in [5, 5.41) is 3.42.